The van der Waals surface area contributed by atoms with Gasteiger partial charge in [-0.05, 0) is 12.6 Å². The first-order valence-corrected chi connectivity index (χ1v) is 7.49. The van der Waals surface area contributed by atoms with Gasteiger partial charge in [-0.2, -0.15) is 0 Å². The summed E-state index contributed by atoms with van der Waals surface area (Å²) in [5, 5.41) is 0. The van der Waals surface area contributed by atoms with Gasteiger partial charge >= 0.3 is 0 Å². The summed E-state index contributed by atoms with van der Waals surface area (Å²) in [5.74, 6) is 0. The third-order valence-electron chi connectivity index (χ3n) is 1.17. The molecule has 1 atom stereocenters. The van der Waals surface area contributed by atoms with Crippen molar-refractivity contribution in [3.05, 3.63) is 0 Å². The van der Waals surface area contributed by atoms with Crippen molar-refractivity contribution in [3.63, 3.8) is 0 Å². The van der Waals surface area contributed by atoms with Crippen LogP contribution in [0.4, 0.5) is 0 Å². The molecule has 0 radical (unpaired) electrons. The van der Waals surface area contributed by atoms with Gasteiger partial charge in [-0.3, -0.25) is 0 Å². The van der Waals surface area contributed by atoms with Crippen molar-refractivity contribution in [1.29, 1.82) is 0 Å². The predicted octanol–water partition coefficient (Wildman–Crippen LogP) is 2.68. The van der Waals surface area contributed by atoms with Crippen molar-refractivity contribution in [2.24, 2.45) is 0 Å². The molecule has 1 nitrogen and oxygen atoms in total. The normalized spacial score (nSPS) is 16.7. The highest BCUT2D eigenvalue weighted by molar-refractivity contribution is 8.53. The fraction of sp³-hybridized carbons (Fsp3) is 1.00. The van der Waals surface area contributed by atoms with E-state index in [0.29, 0.717) is 0 Å². The van der Waals surface area contributed by atoms with E-state index < -0.39 is 5.47 Å². The van der Waals surface area contributed by atoms with Gasteiger partial charge < -0.3 is 16.8 Å². The monoisotopic (exact) mass is 197 g/mol. The van der Waals surface area contributed by atoms with Crippen LogP contribution in [-0.2, 0) is 28.6 Å². The Morgan fingerprint density at radius 2 is 2.10 bits per heavy atom. The fourth-order valence-electron chi connectivity index (χ4n) is 0.439. The van der Waals surface area contributed by atoms with E-state index in [0.717, 1.165) is 25.6 Å². The van der Waals surface area contributed by atoms with Crippen LogP contribution in [0, 0.1) is 0 Å². The third kappa shape index (κ3) is 5.72. The highest BCUT2D eigenvalue weighted by Crippen LogP contribution is 2.43. The maximum atomic E-state index is 5.36. The molecule has 0 aliphatic rings. The number of hydrogen-bond donors (Lipinski definition) is 0. The molecule has 0 spiro atoms. The Kier molecular flexibility index (Phi) is 6.13. The summed E-state index contributed by atoms with van der Waals surface area (Å²) >= 11 is 10.1. The number of unbranched alkanes of at least 4 members (excludes halogenated alkanes) is 1. The van der Waals surface area contributed by atoms with Crippen LogP contribution in [0.25, 0.3) is 0 Å². The average Bonchev–Trinajstić information content (AvgIpc) is 1.89. The molecule has 1 unspecified atom stereocenters. The van der Waals surface area contributed by atoms with Gasteiger partial charge in [0.25, 0.3) is 0 Å². The van der Waals surface area contributed by atoms with Crippen molar-refractivity contribution in [3.8, 4) is 0 Å². The topological polar surface area (TPSA) is 9.23 Å². The van der Waals surface area contributed by atoms with Crippen molar-refractivity contribution >= 4 is 29.5 Å². The lowest BCUT2D eigenvalue weighted by atomic mass is 10.4. The number of rotatable bonds is 5. The van der Waals surface area contributed by atoms with E-state index >= 15 is 0 Å². The zero-order chi connectivity index (χ0) is 8.04. The summed E-state index contributed by atoms with van der Waals surface area (Å²) in [6.45, 7) is 4.88. The standard InChI is InChI=1S/C6H15OPS2/c1-3-5-6-7-8(9,10)4-2/h3-6H2,1-2H3,(H,9,10)/p-1. The Labute approximate surface area is 73.8 Å². The van der Waals surface area contributed by atoms with Gasteiger partial charge in [0.15, 0.2) is 0 Å². The maximum Gasteiger partial charge on any atom is 0.0493 e. The summed E-state index contributed by atoms with van der Waals surface area (Å²) in [6.07, 6.45) is 3.06. The highest BCUT2D eigenvalue weighted by Gasteiger charge is 1.95. The molecule has 0 heterocycles. The van der Waals surface area contributed by atoms with Crippen molar-refractivity contribution in [2.75, 3.05) is 12.8 Å². The first-order valence-electron chi connectivity index (χ1n) is 3.57. The molecular formula is C6H14OPS2-. The van der Waals surface area contributed by atoms with Gasteiger partial charge in [0.1, 0.15) is 0 Å². The molecule has 0 aromatic carbocycles. The van der Waals surface area contributed by atoms with Crippen molar-refractivity contribution < 1.29 is 4.52 Å². The zero-order valence-corrected chi connectivity index (χ0v) is 9.03. The Morgan fingerprint density at radius 1 is 1.50 bits per heavy atom. The molecule has 0 amide bonds. The van der Waals surface area contributed by atoms with Crippen LogP contribution in [0.3, 0.4) is 0 Å². The first kappa shape index (κ1) is 11.0. The lowest BCUT2D eigenvalue weighted by molar-refractivity contribution is 0.348. The van der Waals surface area contributed by atoms with E-state index in [2.05, 4.69) is 6.92 Å². The molecule has 0 aliphatic heterocycles. The van der Waals surface area contributed by atoms with Crippen molar-refractivity contribution in [1.82, 2.24) is 0 Å². The van der Waals surface area contributed by atoms with Gasteiger partial charge in [0.05, 0.1) is 0 Å². The van der Waals surface area contributed by atoms with E-state index in [-0.39, 0.29) is 0 Å². The van der Waals surface area contributed by atoms with Crippen LogP contribution in [0.1, 0.15) is 26.7 Å². The molecule has 4 heteroatoms. The lowest BCUT2D eigenvalue weighted by Gasteiger charge is -2.26. The van der Waals surface area contributed by atoms with Crippen LogP contribution in [0.2, 0.25) is 0 Å². The van der Waals surface area contributed by atoms with E-state index in [1.54, 1.807) is 0 Å². The highest BCUT2D eigenvalue weighted by atomic mass is 32.9. The smallest absolute Gasteiger partial charge is 0.0493 e. The molecule has 0 N–H and O–H groups in total. The maximum absolute atomic E-state index is 5.36. The molecule has 10 heavy (non-hydrogen) atoms. The molecule has 0 saturated carbocycles. The summed E-state index contributed by atoms with van der Waals surface area (Å²) in [7, 11) is 0. The van der Waals surface area contributed by atoms with Crippen LogP contribution >= 0.6 is 5.47 Å². The summed E-state index contributed by atoms with van der Waals surface area (Å²) in [6, 6.07) is 0. The molecule has 0 aliphatic carbocycles. The van der Waals surface area contributed by atoms with Gasteiger partial charge in [-0.15, -0.1) is 0 Å². The van der Waals surface area contributed by atoms with Crippen molar-refractivity contribution in [2.45, 2.75) is 26.7 Å². The van der Waals surface area contributed by atoms with Crippen LogP contribution < -0.4 is 0 Å². The van der Waals surface area contributed by atoms with Gasteiger partial charge in [0.2, 0.25) is 0 Å². The SMILES string of the molecule is CCCCOP(=S)([S-])CC. The third-order valence-corrected chi connectivity index (χ3v) is 4.71. The summed E-state index contributed by atoms with van der Waals surface area (Å²) in [5.41, 5.74) is -1.79. The van der Waals surface area contributed by atoms with Crippen LogP contribution in [-0.4, -0.2) is 12.8 Å². The summed E-state index contributed by atoms with van der Waals surface area (Å²) in [4.78, 5) is 0. The van der Waals surface area contributed by atoms with Gasteiger partial charge in [-0.25, -0.2) is 0 Å². The minimum absolute atomic E-state index is 0.755. The van der Waals surface area contributed by atoms with E-state index in [4.69, 9.17) is 28.6 Å². The van der Waals surface area contributed by atoms with Gasteiger partial charge in [0, 0.05) is 6.61 Å². The molecule has 0 aromatic heterocycles. The average molecular weight is 197 g/mol. The zero-order valence-electron chi connectivity index (χ0n) is 6.50. The second-order valence-corrected chi connectivity index (χ2v) is 8.46. The number of hydrogen-bond acceptors (Lipinski definition) is 3. The molecule has 0 bridgehead atoms. The Balaban J connectivity index is 3.38. The van der Waals surface area contributed by atoms with Gasteiger partial charge in [-0.1, -0.05) is 37.5 Å². The Bertz CT molecular complexity index is 127. The van der Waals surface area contributed by atoms with E-state index in [1.807, 2.05) is 6.92 Å². The molecule has 0 rings (SSSR count). The first-order chi connectivity index (χ1) is 4.62. The largest absolute Gasteiger partial charge is 0.719 e. The van der Waals surface area contributed by atoms with E-state index in [1.165, 1.54) is 0 Å². The quantitative estimate of drug-likeness (QED) is 0.381. The second kappa shape index (κ2) is 5.59. The van der Waals surface area contributed by atoms with E-state index in [9.17, 15) is 0 Å². The lowest BCUT2D eigenvalue weighted by Crippen LogP contribution is -1.91. The molecule has 0 saturated heterocycles. The Morgan fingerprint density at radius 3 is 2.50 bits per heavy atom. The second-order valence-electron chi connectivity index (χ2n) is 2.11. The molecule has 0 fully saturated rings. The fourth-order valence-corrected chi connectivity index (χ4v) is 1.48. The summed E-state index contributed by atoms with van der Waals surface area (Å²) < 4.78 is 5.36. The Hall–Kier alpha value is 0.960. The minimum atomic E-state index is -1.79. The molecule has 62 valence electrons. The molecular weight excluding hydrogens is 183 g/mol. The molecule has 0 aromatic rings. The predicted molar refractivity (Wildman–Crippen MR) is 53.1 cm³/mol. The van der Waals surface area contributed by atoms with Crippen LogP contribution in [0.5, 0.6) is 0 Å². The minimum Gasteiger partial charge on any atom is -0.719 e. The van der Waals surface area contributed by atoms with Crippen LogP contribution in [0.15, 0.2) is 0 Å².